The maximum atomic E-state index is 12.7. The molecule has 0 atom stereocenters. The Labute approximate surface area is 163 Å². The molecular formula is C22H14O7. The van der Waals surface area contributed by atoms with Crippen molar-refractivity contribution in [3.63, 3.8) is 0 Å². The number of carbonyl (C=O) groups is 2. The van der Waals surface area contributed by atoms with Crippen LogP contribution in [0.1, 0.15) is 20.7 Å². The summed E-state index contributed by atoms with van der Waals surface area (Å²) in [5, 5.41) is 41.1. The first-order chi connectivity index (χ1) is 13.9. The molecule has 4 aromatic carbocycles. The Balaban J connectivity index is 1.82. The summed E-state index contributed by atoms with van der Waals surface area (Å²) < 4.78 is 5.38. The van der Waals surface area contributed by atoms with E-state index in [0.717, 1.165) is 6.07 Å². The van der Waals surface area contributed by atoms with Gasteiger partial charge < -0.3 is 25.2 Å². The predicted molar refractivity (Wildman–Crippen MR) is 105 cm³/mol. The summed E-state index contributed by atoms with van der Waals surface area (Å²) in [5.41, 5.74) is -0.573. The first kappa shape index (κ1) is 18.1. The van der Waals surface area contributed by atoms with Gasteiger partial charge in [-0.2, -0.15) is 0 Å². The Morgan fingerprint density at radius 3 is 2.17 bits per heavy atom. The number of carbonyl (C=O) groups excluding carboxylic acids is 1. The van der Waals surface area contributed by atoms with Crippen molar-refractivity contribution in [1.29, 1.82) is 0 Å². The van der Waals surface area contributed by atoms with Crippen LogP contribution < -0.4 is 4.74 Å². The highest BCUT2D eigenvalue weighted by Gasteiger charge is 2.21. The molecule has 0 radical (unpaired) electrons. The molecule has 0 amide bonds. The molecule has 7 heteroatoms. The maximum absolute atomic E-state index is 12.7. The summed E-state index contributed by atoms with van der Waals surface area (Å²) in [5.74, 6) is -3.25. The lowest BCUT2D eigenvalue weighted by Gasteiger charge is -2.12. The van der Waals surface area contributed by atoms with Crippen molar-refractivity contribution in [2.75, 3.05) is 0 Å². The van der Waals surface area contributed by atoms with E-state index in [9.17, 15) is 30.0 Å². The molecule has 0 unspecified atom stereocenters. The van der Waals surface area contributed by atoms with E-state index in [0.29, 0.717) is 16.2 Å². The summed E-state index contributed by atoms with van der Waals surface area (Å²) in [6.45, 7) is 0. The minimum Gasteiger partial charge on any atom is -0.507 e. The fourth-order valence-electron chi connectivity index (χ4n) is 3.19. The van der Waals surface area contributed by atoms with E-state index < -0.39 is 29.0 Å². The molecule has 0 bridgehead atoms. The molecule has 0 fully saturated rings. The number of rotatable bonds is 3. The van der Waals surface area contributed by atoms with Gasteiger partial charge in [0.25, 0.3) is 0 Å². The number of phenolic OH excluding ortho intramolecular Hbond substituents is 2. The zero-order valence-electron chi connectivity index (χ0n) is 14.8. The van der Waals surface area contributed by atoms with Gasteiger partial charge in [0, 0.05) is 16.2 Å². The van der Waals surface area contributed by atoms with Gasteiger partial charge >= 0.3 is 11.9 Å². The fourth-order valence-corrected chi connectivity index (χ4v) is 3.19. The molecule has 29 heavy (non-hydrogen) atoms. The van der Waals surface area contributed by atoms with Crippen molar-refractivity contribution in [2.24, 2.45) is 0 Å². The van der Waals surface area contributed by atoms with E-state index in [1.54, 1.807) is 30.3 Å². The van der Waals surface area contributed by atoms with E-state index in [-0.39, 0.29) is 22.4 Å². The van der Waals surface area contributed by atoms with E-state index >= 15 is 0 Å². The summed E-state index contributed by atoms with van der Waals surface area (Å²) in [6, 6.07) is 14.7. The fraction of sp³-hybridized carbons (Fsp3) is 0. The number of benzene rings is 4. The van der Waals surface area contributed by atoms with Gasteiger partial charge in [0.05, 0.1) is 0 Å². The quantitative estimate of drug-likeness (QED) is 0.307. The average Bonchev–Trinajstić information content (AvgIpc) is 2.70. The number of fused-ring (bicyclic) bond motifs is 2. The molecule has 0 aliphatic carbocycles. The van der Waals surface area contributed by atoms with Gasteiger partial charge in [0.1, 0.15) is 34.1 Å². The summed E-state index contributed by atoms with van der Waals surface area (Å²) in [6.07, 6.45) is 0. The van der Waals surface area contributed by atoms with Gasteiger partial charge in [0.15, 0.2) is 0 Å². The van der Waals surface area contributed by atoms with E-state index in [1.807, 2.05) is 0 Å². The molecule has 0 saturated carbocycles. The number of phenols is 3. The summed E-state index contributed by atoms with van der Waals surface area (Å²) in [7, 11) is 0. The molecule has 4 N–H and O–H groups in total. The Kier molecular flexibility index (Phi) is 4.20. The van der Waals surface area contributed by atoms with Crippen molar-refractivity contribution in [1.82, 2.24) is 0 Å². The number of esters is 1. The third-order valence-electron chi connectivity index (χ3n) is 4.60. The van der Waals surface area contributed by atoms with Crippen LogP contribution in [0.5, 0.6) is 23.0 Å². The average molecular weight is 390 g/mol. The topological polar surface area (TPSA) is 124 Å². The molecule has 0 aliphatic heterocycles. The monoisotopic (exact) mass is 390 g/mol. The van der Waals surface area contributed by atoms with Crippen LogP contribution >= 0.6 is 0 Å². The van der Waals surface area contributed by atoms with E-state index in [1.165, 1.54) is 24.3 Å². The molecule has 144 valence electrons. The Morgan fingerprint density at radius 2 is 1.45 bits per heavy atom. The summed E-state index contributed by atoms with van der Waals surface area (Å²) >= 11 is 0. The number of ether oxygens (including phenoxy) is 1. The third-order valence-corrected chi connectivity index (χ3v) is 4.60. The van der Waals surface area contributed by atoms with Gasteiger partial charge in [-0.25, -0.2) is 9.59 Å². The molecule has 0 heterocycles. The normalized spacial score (nSPS) is 10.9. The Morgan fingerprint density at radius 1 is 0.724 bits per heavy atom. The Bertz CT molecular complexity index is 1310. The minimum atomic E-state index is -1.38. The van der Waals surface area contributed by atoms with Crippen molar-refractivity contribution in [3.05, 3.63) is 71.8 Å². The van der Waals surface area contributed by atoms with Crippen LogP contribution in [0.3, 0.4) is 0 Å². The van der Waals surface area contributed by atoms with Gasteiger partial charge in [-0.1, -0.05) is 36.4 Å². The molecule has 0 aliphatic rings. The molecule has 7 nitrogen and oxygen atoms in total. The SMILES string of the molecule is O=C(Oc1cc(C(=O)O)c(O)c2ccccc12)c1cc2cccc(O)c2cc1O. The van der Waals surface area contributed by atoms with Crippen LogP contribution in [0.2, 0.25) is 0 Å². The highest BCUT2D eigenvalue weighted by Crippen LogP contribution is 2.37. The molecule has 0 saturated heterocycles. The number of hydrogen-bond acceptors (Lipinski definition) is 6. The van der Waals surface area contributed by atoms with Crippen LogP contribution in [-0.4, -0.2) is 32.4 Å². The molecule has 4 rings (SSSR count). The van der Waals surface area contributed by atoms with Crippen LogP contribution in [-0.2, 0) is 0 Å². The van der Waals surface area contributed by atoms with Gasteiger partial charge in [-0.15, -0.1) is 0 Å². The highest BCUT2D eigenvalue weighted by atomic mass is 16.5. The lowest BCUT2D eigenvalue weighted by molar-refractivity contribution is 0.0684. The highest BCUT2D eigenvalue weighted by molar-refractivity contribution is 6.06. The zero-order chi connectivity index (χ0) is 20.7. The number of carboxylic acid groups (broad SMARTS) is 1. The molecule has 4 aromatic rings. The summed E-state index contributed by atoms with van der Waals surface area (Å²) in [4.78, 5) is 24.2. The third kappa shape index (κ3) is 3.04. The second-order valence-corrected chi connectivity index (χ2v) is 6.38. The second-order valence-electron chi connectivity index (χ2n) is 6.38. The van der Waals surface area contributed by atoms with Crippen molar-refractivity contribution in [3.8, 4) is 23.0 Å². The molecular weight excluding hydrogens is 376 g/mol. The number of hydrogen-bond donors (Lipinski definition) is 4. The largest absolute Gasteiger partial charge is 0.507 e. The van der Waals surface area contributed by atoms with Gasteiger partial charge in [0.2, 0.25) is 0 Å². The van der Waals surface area contributed by atoms with E-state index in [4.69, 9.17) is 4.74 Å². The first-order valence-corrected chi connectivity index (χ1v) is 8.51. The van der Waals surface area contributed by atoms with Gasteiger partial charge in [-0.05, 0) is 29.7 Å². The first-order valence-electron chi connectivity index (χ1n) is 8.51. The van der Waals surface area contributed by atoms with E-state index in [2.05, 4.69) is 0 Å². The zero-order valence-corrected chi connectivity index (χ0v) is 14.8. The number of aromatic carboxylic acids is 1. The van der Waals surface area contributed by atoms with Crippen molar-refractivity contribution in [2.45, 2.75) is 0 Å². The maximum Gasteiger partial charge on any atom is 0.347 e. The second kappa shape index (κ2) is 6.72. The number of carboxylic acids is 1. The standard InChI is InChI=1S/C22H14O7/c23-17-7-3-4-11-8-15(18(24)9-14(11)17)22(28)29-19-10-16(21(26)27)20(25)13-6-2-1-5-12(13)19/h1-10,23-25H,(H,26,27). The van der Waals surface area contributed by atoms with Crippen molar-refractivity contribution >= 4 is 33.5 Å². The predicted octanol–water partition coefficient (Wildman–Crippen LogP) is 4.03. The van der Waals surface area contributed by atoms with Crippen LogP contribution in [0, 0.1) is 0 Å². The smallest absolute Gasteiger partial charge is 0.347 e. The van der Waals surface area contributed by atoms with Crippen molar-refractivity contribution < 1.29 is 34.8 Å². The lowest BCUT2D eigenvalue weighted by atomic mass is 10.0. The van der Waals surface area contributed by atoms with Crippen LogP contribution in [0.4, 0.5) is 0 Å². The Hall–Kier alpha value is -4.26. The van der Waals surface area contributed by atoms with Crippen LogP contribution in [0.25, 0.3) is 21.5 Å². The lowest BCUT2D eigenvalue weighted by Crippen LogP contribution is -2.10. The molecule has 0 aromatic heterocycles. The minimum absolute atomic E-state index is 0.0478. The van der Waals surface area contributed by atoms with Gasteiger partial charge in [-0.3, -0.25) is 0 Å². The van der Waals surface area contributed by atoms with Crippen LogP contribution in [0.15, 0.2) is 60.7 Å². The number of aromatic hydroxyl groups is 3. The molecule has 0 spiro atoms.